The molecule has 4 rings (SSSR count). The Morgan fingerprint density at radius 1 is 1.24 bits per heavy atom. The molecule has 7 heteroatoms. The molecule has 3 aromatic heterocycles. The number of nitrogens with zero attached hydrogens (tertiary/aromatic N) is 5. The van der Waals surface area contributed by atoms with Crippen LogP contribution >= 0.6 is 0 Å². The number of pyridine rings is 1. The SMILES string of the molecule is CN1C(=O)CC[C@@H](NCc2cnn3ccccc23)[C@@H]1c1ccnn1C. The van der Waals surface area contributed by atoms with Crippen LogP contribution in [0.25, 0.3) is 5.52 Å². The van der Waals surface area contributed by atoms with Crippen LogP contribution < -0.4 is 5.32 Å². The Morgan fingerprint density at radius 3 is 2.92 bits per heavy atom. The van der Waals surface area contributed by atoms with E-state index in [0.717, 1.165) is 23.2 Å². The average Bonchev–Trinajstić information content (AvgIpc) is 3.22. The first kappa shape index (κ1) is 15.8. The van der Waals surface area contributed by atoms with Crippen molar-refractivity contribution in [3.63, 3.8) is 0 Å². The number of hydrogen-bond donors (Lipinski definition) is 1. The van der Waals surface area contributed by atoms with E-state index >= 15 is 0 Å². The maximum atomic E-state index is 12.2. The highest BCUT2D eigenvalue weighted by molar-refractivity contribution is 5.77. The number of likely N-dealkylation sites (tertiary alicyclic amines) is 1. The molecule has 4 heterocycles. The summed E-state index contributed by atoms with van der Waals surface area (Å²) in [6.07, 6.45) is 7.02. The second kappa shape index (κ2) is 6.33. The molecule has 1 saturated heterocycles. The Morgan fingerprint density at radius 2 is 2.12 bits per heavy atom. The van der Waals surface area contributed by atoms with Gasteiger partial charge < -0.3 is 10.2 Å². The summed E-state index contributed by atoms with van der Waals surface area (Å²) in [5, 5.41) is 12.3. The van der Waals surface area contributed by atoms with Crippen molar-refractivity contribution in [2.45, 2.75) is 31.5 Å². The third-order valence-corrected chi connectivity index (χ3v) is 5.08. The van der Waals surface area contributed by atoms with Gasteiger partial charge in [0.05, 0.1) is 23.4 Å². The zero-order chi connectivity index (χ0) is 17.4. The molecule has 1 N–H and O–H groups in total. The lowest BCUT2D eigenvalue weighted by atomic mass is 9.93. The van der Waals surface area contributed by atoms with Gasteiger partial charge in [-0.3, -0.25) is 9.48 Å². The van der Waals surface area contributed by atoms with Gasteiger partial charge in [-0.25, -0.2) is 4.52 Å². The van der Waals surface area contributed by atoms with Gasteiger partial charge in [0.25, 0.3) is 0 Å². The van der Waals surface area contributed by atoms with E-state index in [1.807, 2.05) is 58.8 Å². The first-order valence-electron chi connectivity index (χ1n) is 8.53. The molecule has 1 amide bonds. The van der Waals surface area contributed by atoms with E-state index in [1.165, 1.54) is 0 Å². The average molecular weight is 338 g/mol. The minimum Gasteiger partial charge on any atom is -0.336 e. The maximum Gasteiger partial charge on any atom is 0.222 e. The van der Waals surface area contributed by atoms with E-state index < -0.39 is 0 Å². The Kier molecular flexibility index (Phi) is 4.01. The lowest BCUT2D eigenvalue weighted by molar-refractivity contribution is -0.136. The number of piperidine rings is 1. The summed E-state index contributed by atoms with van der Waals surface area (Å²) in [4.78, 5) is 14.1. The summed E-state index contributed by atoms with van der Waals surface area (Å²) >= 11 is 0. The van der Waals surface area contributed by atoms with Crippen molar-refractivity contribution in [2.75, 3.05) is 7.05 Å². The van der Waals surface area contributed by atoms with Crippen LogP contribution in [0, 0.1) is 0 Å². The van der Waals surface area contributed by atoms with E-state index in [1.54, 1.807) is 6.20 Å². The predicted molar refractivity (Wildman–Crippen MR) is 93.8 cm³/mol. The molecule has 0 unspecified atom stereocenters. The molecule has 0 spiro atoms. The largest absolute Gasteiger partial charge is 0.336 e. The van der Waals surface area contributed by atoms with Crippen LogP contribution in [0.2, 0.25) is 0 Å². The molecule has 25 heavy (non-hydrogen) atoms. The highest BCUT2D eigenvalue weighted by Gasteiger charge is 2.36. The van der Waals surface area contributed by atoms with Crippen molar-refractivity contribution >= 4 is 11.4 Å². The van der Waals surface area contributed by atoms with Gasteiger partial charge in [0.15, 0.2) is 0 Å². The first-order chi connectivity index (χ1) is 12.1. The first-order valence-corrected chi connectivity index (χ1v) is 8.53. The molecule has 7 nitrogen and oxygen atoms in total. The van der Waals surface area contributed by atoms with E-state index in [-0.39, 0.29) is 18.0 Å². The molecule has 0 saturated carbocycles. The second-order valence-electron chi connectivity index (χ2n) is 6.56. The third kappa shape index (κ3) is 2.80. The normalized spacial score (nSPS) is 21.2. The standard InChI is InChI=1S/C18H22N6O/c1-22-17(25)7-6-14(18(22)16-8-9-20-23(16)2)19-11-13-12-21-24-10-4-3-5-15(13)24/h3-5,8-10,12,14,18-19H,6-7,11H2,1-2H3/t14-,18-/m1/s1. The molecule has 1 fully saturated rings. The molecule has 0 aromatic carbocycles. The second-order valence-corrected chi connectivity index (χ2v) is 6.56. The third-order valence-electron chi connectivity index (χ3n) is 5.08. The molecule has 1 aliphatic rings. The number of nitrogens with one attached hydrogen (secondary N) is 1. The number of carbonyl (C=O) groups excluding carboxylic acids is 1. The monoisotopic (exact) mass is 338 g/mol. The van der Waals surface area contributed by atoms with Gasteiger partial charge in [-0.2, -0.15) is 10.2 Å². The summed E-state index contributed by atoms with van der Waals surface area (Å²) in [7, 11) is 3.80. The van der Waals surface area contributed by atoms with Crippen LogP contribution in [-0.4, -0.2) is 43.3 Å². The molecule has 130 valence electrons. The van der Waals surface area contributed by atoms with Crippen LogP contribution in [0.1, 0.15) is 30.1 Å². The van der Waals surface area contributed by atoms with Crippen LogP contribution in [-0.2, 0) is 18.4 Å². The topological polar surface area (TPSA) is 67.5 Å². The molecule has 1 aliphatic heterocycles. The summed E-state index contributed by atoms with van der Waals surface area (Å²) < 4.78 is 3.73. The van der Waals surface area contributed by atoms with Crippen molar-refractivity contribution in [3.8, 4) is 0 Å². The zero-order valence-corrected chi connectivity index (χ0v) is 14.5. The fourth-order valence-electron chi connectivity index (χ4n) is 3.70. The lowest BCUT2D eigenvalue weighted by Gasteiger charge is -2.39. The van der Waals surface area contributed by atoms with Crippen molar-refractivity contribution in [1.82, 2.24) is 29.6 Å². The highest BCUT2D eigenvalue weighted by atomic mass is 16.2. The van der Waals surface area contributed by atoms with E-state index in [4.69, 9.17) is 0 Å². The number of carbonyl (C=O) groups is 1. The van der Waals surface area contributed by atoms with Crippen LogP contribution in [0.15, 0.2) is 42.9 Å². The molecule has 3 aromatic rings. The van der Waals surface area contributed by atoms with Crippen LogP contribution in [0.5, 0.6) is 0 Å². The van der Waals surface area contributed by atoms with E-state index in [9.17, 15) is 4.79 Å². The summed E-state index contributed by atoms with van der Waals surface area (Å²) in [6, 6.07) is 8.21. The van der Waals surface area contributed by atoms with E-state index in [0.29, 0.717) is 13.0 Å². The summed E-state index contributed by atoms with van der Waals surface area (Å²) in [6.45, 7) is 0.717. The summed E-state index contributed by atoms with van der Waals surface area (Å²) in [5.41, 5.74) is 3.31. The quantitative estimate of drug-likeness (QED) is 0.783. The van der Waals surface area contributed by atoms with Crippen molar-refractivity contribution in [1.29, 1.82) is 0 Å². The molecule has 2 atom stereocenters. The number of rotatable bonds is 4. The highest BCUT2D eigenvalue weighted by Crippen LogP contribution is 2.30. The fraction of sp³-hybridized carbons (Fsp3) is 0.389. The number of hydrogen-bond acceptors (Lipinski definition) is 4. The predicted octanol–water partition coefficient (Wildman–Crippen LogP) is 1.52. The molecule has 0 bridgehead atoms. The lowest BCUT2D eigenvalue weighted by Crippen LogP contribution is -2.49. The van der Waals surface area contributed by atoms with Crippen molar-refractivity contribution in [3.05, 3.63) is 54.1 Å². The maximum absolute atomic E-state index is 12.2. The van der Waals surface area contributed by atoms with Crippen LogP contribution in [0.3, 0.4) is 0 Å². The molecule has 0 aliphatic carbocycles. The van der Waals surface area contributed by atoms with Gasteiger partial charge in [0, 0.05) is 51.1 Å². The van der Waals surface area contributed by atoms with Gasteiger partial charge in [-0.1, -0.05) is 6.07 Å². The van der Waals surface area contributed by atoms with Gasteiger partial charge in [-0.15, -0.1) is 0 Å². The fourth-order valence-corrected chi connectivity index (χ4v) is 3.70. The van der Waals surface area contributed by atoms with Gasteiger partial charge in [0.2, 0.25) is 5.91 Å². The van der Waals surface area contributed by atoms with Gasteiger partial charge in [0.1, 0.15) is 0 Å². The molecular formula is C18H22N6O. The van der Waals surface area contributed by atoms with E-state index in [2.05, 4.69) is 21.6 Å². The minimum atomic E-state index is -0.0180. The van der Waals surface area contributed by atoms with Gasteiger partial charge >= 0.3 is 0 Å². The Balaban J connectivity index is 1.57. The zero-order valence-electron chi connectivity index (χ0n) is 14.5. The number of fused-ring (bicyclic) bond motifs is 1. The molecule has 0 radical (unpaired) electrons. The number of amides is 1. The number of aryl methyl sites for hydroxylation is 1. The van der Waals surface area contributed by atoms with Crippen molar-refractivity contribution in [2.24, 2.45) is 7.05 Å². The number of likely N-dealkylation sites (N-methyl/N-ethyl adjacent to an activating group) is 1. The molecular weight excluding hydrogens is 316 g/mol. The Bertz CT molecular complexity index is 898. The Labute approximate surface area is 146 Å². The Hall–Kier alpha value is -2.67. The summed E-state index contributed by atoms with van der Waals surface area (Å²) in [5.74, 6) is 0.181. The smallest absolute Gasteiger partial charge is 0.222 e. The van der Waals surface area contributed by atoms with Crippen LogP contribution in [0.4, 0.5) is 0 Å². The number of aromatic nitrogens is 4. The van der Waals surface area contributed by atoms with Gasteiger partial charge in [-0.05, 0) is 24.6 Å². The van der Waals surface area contributed by atoms with Crippen molar-refractivity contribution < 1.29 is 4.79 Å². The minimum absolute atomic E-state index is 0.0180.